The molecule has 0 bridgehead atoms. The molecule has 1 aromatic carbocycles. The first-order valence-electron chi connectivity index (χ1n) is 7.22. The second-order valence-corrected chi connectivity index (χ2v) is 6.37. The fraction of sp³-hybridized carbons (Fsp3) is 0.562. The lowest BCUT2D eigenvalue weighted by Crippen LogP contribution is -2.19. The van der Waals surface area contributed by atoms with E-state index in [0.717, 1.165) is 18.5 Å². The first-order chi connectivity index (χ1) is 9.05. The highest BCUT2D eigenvalue weighted by atomic mass is 15.1. The smallest absolute Gasteiger partial charge is 0.109 e. The minimum absolute atomic E-state index is 0.261. The van der Waals surface area contributed by atoms with E-state index >= 15 is 0 Å². The van der Waals surface area contributed by atoms with Crippen molar-refractivity contribution in [2.75, 3.05) is 6.54 Å². The second-order valence-electron chi connectivity index (χ2n) is 6.37. The van der Waals surface area contributed by atoms with Crippen LogP contribution in [0, 0.1) is 5.92 Å². The first-order valence-corrected chi connectivity index (χ1v) is 7.22. The number of aryl methyl sites for hydroxylation is 1. The first kappa shape index (κ1) is 12.7. The van der Waals surface area contributed by atoms with Gasteiger partial charge in [-0.15, -0.1) is 0 Å². The zero-order chi connectivity index (χ0) is 13.6. The van der Waals surface area contributed by atoms with Crippen molar-refractivity contribution in [2.24, 2.45) is 18.7 Å². The summed E-state index contributed by atoms with van der Waals surface area (Å²) in [5, 5.41) is 0. The molecule has 1 aliphatic rings. The van der Waals surface area contributed by atoms with Crippen molar-refractivity contribution >= 4 is 11.0 Å². The molecule has 0 aliphatic heterocycles. The van der Waals surface area contributed by atoms with Gasteiger partial charge < -0.3 is 10.3 Å². The topological polar surface area (TPSA) is 43.8 Å². The van der Waals surface area contributed by atoms with Gasteiger partial charge in [0, 0.05) is 25.4 Å². The second kappa shape index (κ2) is 4.34. The van der Waals surface area contributed by atoms with Crippen LogP contribution in [-0.2, 0) is 18.9 Å². The Morgan fingerprint density at radius 3 is 2.68 bits per heavy atom. The van der Waals surface area contributed by atoms with Crippen LogP contribution in [0.25, 0.3) is 11.0 Å². The van der Waals surface area contributed by atoms with Crippen LogP contribution < -0.4 is 5.73 Å². The molecule has 3 nitrogen and oxygen atoms in total. The molecule has 1 aliphatic carbocycles. The minimum Gasteiger partial charge on any atom is -0.331 e. The Morgan fingerprint density at radius 1 is 1.37 bits per heavy atom. The molecule has 1 heterocycles. The third-order valence-corrected chi connectivity index (χ3v) is 4.42. The lowest BCUT2D eigenvalue weighted by atomic mass is 9.96. The summed E-state index contributed by atoms with van der Waals surface area (Å²) < 4.78 is 2.24. The summed E-state index contributed by atoms with van der Waals surface area (Å²) in [6.07, 6.45) is 3.49. The molecule has 0 radical (unpaired) electrons. The summed E-state index contributed by atoms with van der Waals surface area (Å²) in [6.45, 7) is 5.23. The lowest BCUT2D eigenvalue weighted by Gasteiger charge is -2.13. The van der Waals surface area contributed by atoms with Crippen molar-refractivity contribution < 1.29 is 0 Å². The Hall–Kier alpha value is -1.35. The van der Waals surface area contributed by atoms with E-state index in [0.29, 0.717) is 5.92 Å². The van der Waals surface area contributed by atoms with Gasteiger partial charge in [0.2, 0.25) is 0 Å². The van der Waals surface area contributed by atoms with Gasteiger partial charge >= 0.3 is 0 Å². The van der Waals surface area contributed by atoms with Crippen molar-refractivity contribution in [1.82, 2.24) is 9.55 Å². The summed E-state index contributed by atoms with van der Waals surface area (Å²) in [4.78, 5) is 4.75. The van der Waals surface area contributed by atoms with Gasteiger partial charge in [-0.1, -0.05) is 19.9 Å². The maximum Gasteiger partial charge on any atom is 0.109 e. The average Bonchev–Trinajstić information content (AvgIpc) is 3.12. The third kappa shape index (κ3) is 2.06. The molecule has 0 spiro atoms. The molecule has 3 heteroatoms. The number of benzene rings is 1. The predicted molar refractivity (Wildman–Crippen MR) is 79.2 cm³/mol. The van der Waals surface area contributed by atoms with Gasteiger partial charge in [0.25, 0.3) is 0 Å². The van der Waals surface area contributed by atoms with E-state index in [-0.39, 0.29) is 5.41 Å². The maximum absolute atomic E-state index is 5.93. The van der Waals surface area contributed by atoms with Crippen molar-refractivity contribution in [3.05, 3.63) is 29.6 Å². The molecule has 19 heavy (non-hydrogen) atoms. The SMILES string of the molecule is CC(C)Cc1nc2ccc(C3(CN)CC3)cc2n1C. The van der Waals surface area contributed by atoms with Crippen molar-refractivity contribution in [3.8, 4) is 0 Å². The molecule has 0 amide bonds. The Kier molecular flexibility index (Phi) is 2.90. The number of nitrogens with zero attached hydrogens (tertiary/aromatic N) is 2. The van der Waals surface area contributed by atoms with Crippen molar-refractivity contribution in [1.29, 1.82) is 0 Å². The number of rotatable bonds is 4. The number of aromatic nitrogens is 2. The van der Waals surface area contributed by atoms with Gasteiger partial charge in [-0.25, -0.2) is 4.98 Å². The quantitative estimate of drug-likeness (QED) is 0.915. The zero-order valence-corrected chi connectivity index (χ0v) is 12.1. The van der Waals surface area contributed by atoms with E-state index in [9.17, 15) is 0 Å². The summed E-state index contributed by atoms with van der Waals surface area (Å²) >= 11 is 0. The fourth-order valence-corrected chi connectivity index (χ4v) is 2.88. The predicted octanol–water partition coefficient (Wildman–Crippen LogP) is 2.76. The van der Waals surface area contributed by atoms with E-state index in [1.807, 2.05) is 0 Å². The normalized spacial score (nSPS) is 17.3. The molecule has 2 N–H and O–H groups in total. The van der Waals surface area contributed by atoms with Gasteiger partial charge in [-0.05, 0) is 36.5 Å². The molecule has 0 saturated heterocycles. The van der Waals surface area contributed by atoms with Gasteiger partial charge in [-0.3, -0.25) is 0 Å². The van der Waals surface area contributed by atoms with Crippen LogP contribution in [0.1, 0.15) is 38.1 Å². The molecule has 1 saturated carbocycles. The fourth-order valence-electron chi connectivity index (χ4n) is 2.88. The Morgan fingerprint density at radius 2 is 2.11 bits per heavy atom. The number of nitrogens with two attached hydrogens (primary N) is 1. The summed E-state index contributed by atoms with van der Waals surface area (Å²) in [7, 11) is 2.12. The molecule has 0 atom stereocenters. The average molecular weight is 257 g/mol. The highest BCUT2D eigenvalue weighted by molar-refractivity contribution is 5.77. The van der Waals surface area contributed by atoms with Gasteiger partial charge in [-0.2, -0.15) is 0 Å². The van der Waals surface area contributed by atoms with E-state index in [1.54, 1.807) is 0 Å². The minimum atomic E-state index is 0.261. The zero-order valence-electron chi connectivity index (χ0n) is 12.1. The molecule has 3 rings (SSSR count). The monoisotopic (exact) mass is 257 g/mol. The maximum atomic E-state index is 5.93. The van der Waals surface area contributed by atoms with E-state index < -0.39 is 0 Å². The Labute approximate surface area is 114 Å². The van der Waals surface area contributed by atoms with Gasteiger partial charge in [0.05, 0.1) is 11.0 Å². The van der Waals surface area contributed by atoms with E-state index in [2.05, 4.69) is 43.7 Å². The van der Waals surface area contributed by atoms with Gasteiger partial charge in [0.1, 0.15) is 5.82 Å². The number of hydrogen-bond acceptors (Lipinski definition) is 2. The van der Waals surface area contributed by atoms with E-state index in [4.69, 9.17) is 10.7 Å². The lowest BCUT2D eigenvalue weighted by molar-refractivity contribution is 0.606. The van der Waals surface area contributed by atoms with Gasteiger partial charge in [0.15, 0.2) is 0 Å². The molecular formula is C16H23N3. The third-order valence-electron chi connectivity index (χ3n) is 4.42. The molecular weight excluding hydrogens is 234 g/mol. The number of hydrogen-bond donors (Lipinski definition) is 1. The Balaban J connectivity index is 2.05. The summed E-state index contributed by atoms with van der Waals surface area (Å²) in [5.74, 6) is 1.81. The standard InChI is InChI=1S/C16H23N3/c1-11(2)8-15-18-13-5-4-12(9-14(13)19(15)3)16(10-17)6-7-16/h4-5,9,11H,6-8,10,17H2,1-3H3. The molecule has 1 fully saturated rings. The van der Waals surface area contributed by atoms with Crippen molar-refractivity contribution in [2.45, 2.75) is 38.5 Å². The van der Waals surface area contributed by atoms with Crippen LogP contribution in [-0.4, -0.2) is 16.1 Å². The number of imidazole rings is 1. The summed E-state index contributed by atoms with van der Waals surface area (Å²) in [6, 6.07) is 6.67. The number of fused-ring (bicyclic) bond motifs is 1. The van der Waals surface area contributed by atoms with Crippen LogP contribution in [0.2, 0.25) is 0 Å². The molecule has 1 aromatic heterocycles. The molecule has 2 aromatic rings. The highest BCUT2D eigenvalue weighted by Gasteiger charge is 2.42. The summed E-state index contributed by atoms with van der Waals surface area (Å²) in [5.41, 5.74) is 9.93. The van der Waals surface area contributed by atoms with Crippen LogP contribution in [0.3, 0.4) is 0 Å². The largest absolute Gasteiger partial charge is 0.331 e. The molecule has 0 unspecified atom stereocenters. The van der Waals surface area contributed by atoms with E-state index in [1.165, 1.54) is 29.7 Å². The van der Waals surface area contributed by atoms with Crippen LogP contribution >= 0.6 is 0 Å². The Bertz CT molecular complexity index is 606. The van der Waals surface area contributed by atoms with Crippen LogP contribution in [0.4, 0.5) is 0 Å². The van der Waals surface area contributed by atoms with Crippen LogP contribution in [0.5, 0.6) is 0 Å². The molecule has 102 valence electrons. The van der Waals surface area contributed by atoms with Crippen LogP contribution in [0.15, 0.2) is 18.2 Å². The van der Waals surface area contributed by atoms with Crippen molar-refractivity contribution in [3.63, 3.8) is 0 Å². The highest BCUT2D eigenvalue weighted by Crippen LogP contribution is 2.47.